The van der Waals surface area contributed by atoms with Crippen molar-refractivity contribution in [2.45, 2.75) is 13.5 Å². The molecule has 2 aromatic heterocycles. The highest BCUT2D eigenvalue weighted by Crippen LogP contribution is 2.15. The topological polar surface area (TPSA) is 50.9 Å². The molecular formula is C11H13N3S. The normalized spacial score (nSPS) is 10.2. The minimum atomic E-state index is 0.544. The lowest BCUT2D eigenvalue weighted by Gasteiger charge is -2.05. The fourth-order valence-corrected chi connectivity index (χ4v) is 2.16. The molecule has 0 saturated heterocycles. The zero-order chi connectivity index (χ0) is 10.7. The van der Waals surface area contributed by atoms with E-state index in [0.29, 0.717) is 5.82 Å². The van der Waals surface area contributed by atoms with Crippen LogP contribution in [0.1, 0.15) is 11.1 Å². The van der Waals surface area contributed by atoms with Gasteiger partial charge in [-0.15, -0.1) is 0 Å². The van der Waals surface area contributed by atoms with Crippen LogP contribution in [0.25, 0.3) is 0 Å². The van der Waals surface area contributed by atoms with Crippen LogP contribution in [0, 0.1) is 6.92 Å². The first-order chi connectivity index (χ1) is 7.25. The zero-order valence-corrected chi connectivity index (χ0v) is 9.34. The molecule has 3 N–H and O–H groups in total. The smallest absolute Gasteiger partial charge is 0.128 e. The highest BCUT2D eigenvalue weighted by atomic mass is 32.1. The molecule has 15 heavy (non-hydrogen) atoms. The van der Waals surface area contributed by atoms with Crippen LogP contribution in [0.3, 0.4) is 0 Å². The van der Waals surface area contributed by atoms with Crippen molar-refractivity contribution < 1.29 is 0 Å². The number of aryl methyl sites for hydroxylation is 1. The number of nitrogen functional groups attached to an aromatic ring is 1. The second kappa shape index (κ2) is 4.31. The van der Waals surface area contributed by atoms with Gasteiger partial charge in [0, 0.05) is 6.54 Å². The Bertz CT molecular complexity index is 451. The van der Waals surface area contributed by atoms with Crippen LogP contribution in [0.2, 0.25) is 0 Å². The highest BCUT2D eigenvalue weighted by molar-refractivity contribution is 7.08. The molecule has 0 unspecified atom stereocenters. The number of nitrogens with one attached hydrogen (secondary N) is 1. The van der Waals surface area contributed by atoms with Gasteiger partial charge in [0.1, 0.15) is 11.6 Å². The summed E-state index contributed by atoms with van der Waals surface area (Å²) in [5.74, 6) is 1.36. The van der Waals surface area contributed by atoms with Crippen LogP contribution in [0.4, 0.5) is 11.6 Å². The number of thiophene rings is 1. The average Bonchev–Trinajstić information content (AvgIpc) is 2.61. The van der Waals surface area contributed by atoms with Crippen molar-refractivity contribution in [3.05, 3.63) is 40.1 Å². The Morgan fingerprint density at radius 2 is 2.27 bits per heavy atom. The number of aromatic nitrogens is 1. The molecule has 0 aromatic carbocycles. The van der Waals surface area contributed by atoms with E-state index in [4.69, 9.17) is 5.73 Å². The molecule has 2 heterocycles. The number of anilines is 2. The summed E-state index contributed by atoms with van der Waals surface area (Å²) in [5.41, 5.74) is 8.21. The fraction of sp³-hybridized carbons (Fsp3) is 0.182. The van der Waals surface area contributed by atoms with Crippen LogP contribution >= 0.6 is 11.3 Å². The van der Waals surface area contributed by atoms with Gasteiger partial charge in [0.15, 0.2) is 0 Å². The van der Waals surface area contributed by atoms with Gasteiger partial charge in [-0.2, -0.15) is 11.3 Å². The van der Waals surface area contributed by atoms with Crippen molar-refractivity contribution in [3.8, 4) is 0 Å². The predicted molar refractivity (Wildman–Crippen MR) is 65.0 cm³/mol. The second-order valence-corrected chi connectivity index (χ2v) is 4.12. The van der Waals surface area contributed by atoms with E-state index in [2.05, 4.69) is 28.0 Å². The van der Waals surface area contributed by atoms with Crippen LogP contribution in [-0.2, 0) is 6.54 Å². The molecule has 2 rings (SSSR count). The van der Waals surface area contributed by atoms with Gasteiger partial charge in [0.25, 0.3) is 0 Å². The van der Waals surface area contributed by atoms with Gasteiger partial charge < -0.3 is 11.1 Å². The Morgan fingerprint density at radius 1 is 1.40 bits per heavy atom. The lowest BCUT2D eigenvalue weighted by molar-refractivity contribution is 1.11. The predicted octanol–water partition coefficient (Wildman–Crippen LogP) is 2.65. The standard InChI is InChI=1S/C11H13N3S/c1-8-6-15-7-9(8)5-13-11-4-2-3-10(12)14-11/h2-4,6-7H,5H2,1H3,(H3,12,13,14). The van der Waals surface area contributed by atoms with E-state index in [9.17, 15) is 0 Å². The van der Waals surface area contributed by atoms with Crippen LogP contribution in [0.15, 0.2) is 29.0 Å². The molecule has 0 bridgehead atoms. The Hall–Kier alpha value is -1.55. The third kappa shape index (κ3) is 2.47. The molecule has 0 aliphatic heterocycles. The van der Waals surface area contributed by atoms with Gasteiger partial charge in [-0.25, -0.2) is 4.98 Å². The van der Waals surface area contributed by atoms with Crippen molar-refractivity contribution in [3.63, 3.8) is 0 Å². The summed E-state index contributed by atoms with van der Waals surface area (Å²) in [6.45, 7) is 2.91. The molecule has 78 valence electrons. The molecule has 0 atom stereocenters. The number of hydrogen-bond acceptors (Lipinski definition) is 4. The van der Waals surface area contributed by atoms with Gasteiger partial charge in [-0.3, -0.25) is 0 Å². The molecule has 0 aliphatic rings. The maximum atomic E-state index is 5.59. The lowest BCUT2D eigenvalue weighted by atomic mass is 10.2. The van der Waals surface area contributed by atoms with Crippen molar-refractivity contribution in [1.29, 1.82) is 0 Å². The Kier molecular flexibility index (Phi) is 2.87. The number of nitrogens with zero attached hydrogens (tertiary/aromatic N) is 1. The average molecular weight is 219 g/mol. The van der Waals surface area contributed by atoms with Crippen LogP contribution in [0.5, 0.6) is 0 Å². The summed E-state index contributed by atoms with van der Waals surface area (Å²) in [6.07, 6.45) is 0. The summed E-state index contributed by atoms with van der Waals surface area (Å²) in [4.78, 5) is 4.17. The summed E-state index contributed by atoms with van der Waals surface area (Å²) in [6, 6.07) is 5.59. The molecule has 3 nitrogen and oxygen atoms in total. The van der Waals surface area contributed by atoms with Crippen molar-refractivity contribution in [2.75, 3.05) is 11.1 Å². The van der Waals surface area contributed by atoms with Crippen molar-refractivity contribution in [1.82, 2.24) is 4.98 Å². The van der Waals surface area contributed by atoms with Crippen molar-refractivity contribution >= 4 is 23.0 Å². The second-order valence-electron chi connectivity index (χ2n) is 3.38. The van der Waals surface area contributed by atoms with Gasteiger partial charge in [0.05, 0.1) is 0 Å². The highest BCUT2D eigenvalue weighted by Gasteiger charge is 1.99. The molecule has 0 amide bonds. The maximum Gasteiger partial charge on any atom is 0.128 e. The summed E-state index contributed by atoms with van der Waals surface area (Å²) >= 11 is 1.72. The monoisotopic (exact) mass is 219 g/mol. The Labute approximate surface area is 93.0 Å². The minimum Gasteiger partial charge on any atom is -0.384 e. The Morgan fingerprint density at radius 3 is 2.93 bits per heavy atom. The minimum absolute atomic E-state index is 0.544. The molecular weight excluding hydrogens is 206 g/mol. The molecule has 0 radical (unpaired) electrons. The first-order valence-corrected chi connectivity index (χ1v) is 5.68. The van der Waals surface area contributed by atoms with Gasteiger partial charge in [0.2, 0.25) is 0 Å². The third-order valence-electron chi connectivity index (χ3n) is 2.19. The summed E-state index contributed by atoms with van der Waals surface area (Å²) in [5, 5.41) is 7.53. The largest absolute Gasteiger partial charge is 0.384 e. The van der Waals surface area contributed by atoms with E-state index in [0.717, 1.165) is 12.4 Å². The molecule has 0 fully saturated rings. The van der Waals surface area contributed by atoms with E-state index in [-0.39, 0.29) is 0 Å². The zero-order valence-electron chi connectivity index (χ0n) is 8.53. The number of pyridine rings is 1. The maximum absolute atomic E-state index is 5.59. The first-order valence-electron chi connectivity index (χ1n) is 4.74. The third-order valence-corrected chi connectivity index (χ3v) is 3.10. The van der Waals surface area contributed by atoms with E-state index in [1.54, 1.807) is 17.4 Å². The lowest BCUT2D eigenvalue weighted by Crippen LogP contribution is -2.02. The quantitative estimate of drug-likeness (QED) is 0.834. The van der Waals surface area contributed by atoms with E-state index in [1.165, 1.54) is 11.1 Å². The number of nitrogens with two attached hydrogens (primary N) is 1. The first kappa shape index (κ1) is 9.98. The fourth-order valence-electron chi connectivity index (χ4n) is 1.30. The van der Waals surface area contributed by atoms with Gasteiger partial charge in [-0.1, -0.05) is 6.07 Å². The van der Waals surface area contributed by atoms with Crippen molar-refractivity contribution in [2.24, 2.45) is 0 Å². The Balaban J connectivity index is 2.02. The molecule has 0 spiro atoms. The molecule has 2 aromatic rings. The molecule has 4 heteroatoms. The van der Waals surface area contributed by atoms with E-state index in [1.807, 2.05) is 12.1 Å². The molecule has 0 saturated carbocycles. The van der Waals surface area contributed by atoms with Crippen LogP contribution in [-0.4, -0.2) is 4.98 Å². The van der Waals surface area contributed by atoms with Gasteiger partial charge >= 0.3 is 0 Å². The van der Waals surface area contributed by atoms with E-state index < -0.39 is 0 Å². The number of rotatable bonds is 3. The summed E-state index contributed by atoms with van der Waals surface area (Å²) in [7, 11) is 0. The van der Waals surface area contributed by atoms with Gasteiger partial charge in [-0.05, 0) is 40.9 Å². The SMILES string of the molecule is Cc1cscc1CNc1cccc(N)n1. The van der Waals surface area contributed by atoms with Crippen LogP contribution < -0.4 is 11.1 Å². The molecule has 0 aliphatic carbocycles. The summed E-state index contributed by atoms with van der Waals surface area (Å²) < 4.78 is 0. The van der Waals surface area contributed by atoms with E-state index >= 15 is 0 Å². The number of hydrogen-bond donors (Lipinski definition) is 2.